The molecule has 0 atom stereocenters. The number of ether oxygens (including phenoxy) is 3. The van der Waals surface area contributed by atoms with Crippen molar-refractivity contribution in [1.29, 1.82) is 0 Å². The molecule has 0 radical (unpaired) electrons. The molecule has 1 aromatic carbocycles. The molecule has 17 heavy (non-hydrogen) atoms. The van der Waals surface area contributed by atoms with Crippen molar-refractivity contribution in [3.8, 4) is 5.75 Å². The van der Waals surface area contributed by atoms with E-state index in [4.69, 9.17) is 14.2 Å². The van der Waals surface area contributed by atoms with E-state index in [1.54, 1.807) is 21.3 Å². The fraction of sp³-hybridized carbons (Fsp3) is 0.538. The minimum Gasteiger partial charge on any atom is -0.497 e. The third-order valence-electron chi connectivity index (χ3n) is 2.59. The summed E-state index contributed by atoms with van der Waals surface area (Å²) in [5, 5.41) is 3.28. The molecule has 1 rings (SSSR count). The van der Waals surface area contributed by atoms with Crippen molar-refractivity contribution in [2.75, 3.05) is 34.4 Å². The highest BCUT2D eigenvalue weighted by atomic mass is 16.7. The molecule has 0 fully saturated rings. The number of rotatable bonds is 8. The molecule has 4 nitrogen and oxygen atoms in total. The van der Waals surface area contributed by atoms with Crippen molar-refractivity contribution in [3.63, 3.8) is 0 Å². The summed E-state index contributed by atoms with van der Waals surface area (Å²) >= 11 is 0. The second-order valence-corrected chi connectivity index (χ2v) is 3.70. The number of benzene rings is 1. The van der Waals surface area contributed by atoms with E-state index in [-0.39, 0.29) is 6.29 Å². The first-order valence-electron chi connectivity index (χ1n) is 5.69. The van der Waals surface area contributed by atoms with E-state index in [0.717, 1.165) is 18.7 Å². The normalized spacial score (nSPS) is 10.8. The third-order valence-corrected chi connectivity index (χ3v) is 2.59. The Morgan fingerprint density at radius 3 is 2.24 bits per heavy atom. The first-order valence-corrected chi connectivity index (χ1v) is 5.69. The Labute approximate surface area is 103 Å². The average molecular weight is 239 g/mol. The Morgan fingerprint density at radius 1 is 1.06 bits per heavy atom. The SMILES string of the molecule is COc1ccc(CCNCC(OC)OC)cc1. The maximum atomic E-state index is 5.11. The molecule has 96 valence electrons. The van der Waals surface area contributed by atoms with Crippen LogP contribution in [0.15, 0.2) is 24.3 Å². The van der Waals surface area contributed by atoms with Crippen LogP contribution in [0, 0.1) is 0 Å². The summed E-state index contributed by atoms with van der Waals surface area (Å²) in [6.07, 6.45) is 0.801. The quantitative estimate of drug-likeness (QED) is 0.550. The molecule has 0 spiro atoms. The van der Waals surface area contributed by atoms with Gasteiger partial charge >= 0.3 is 0 Å². The zero-order valence-electron chi connectivity index (χ0n) is 10.7. The largest absolute Gasteiger partial charge is 0.497 e. The van der Waals surface area contributed by atoms with Crippen molar-refractivity contribution in [3.05, 3.63) is 29.8 Å². The first kappa shape index (κ1) is 14.0. The summed E-state index contributed by atoms with van der Waals surface area (Å²) in [5.41, 5.74) is 1.28. The van der Waals surface area contributed by atoms with Crippen LogP contribution in [0.3, 0.4) is 0 Å². The Bertz CT molecular complexity index is 296. The van der Waals surface area contributed by atoms with E-state index >= 15 is 0 Å². The third kappa shape index (κ3) is 5.17. The monoisotopic (exact) mass is 239 g/mol. The van der Waals surface area contributed by atoms with Crippen LogP contribution in [0.4, 0.5) is 0 Å². The molecule has 1 aromatic rings. The molecular formula is C13H21NO3. The van der Waals surface area contributed by atoms with E-state index in [9.17, 15) is 0 Å². The van der Waals surface area contributed by atoms with Gasteiger partial charge < -0.3 is 19.5 Å². The van der Waals surface area contributed by atoms with Gasteiger partial charge in [0.05, 0.1) is 7.11 Å². The Balaban J connectivity index is 2.21. The summed E-state index contributed by atoms with van der Waals surface area (Å²) in [5.74, 6) is 0.889. The van der Waals surface area contributed by atoms with Crippen molar-refractivity contribution in [2.45, 2.75) is 12.7 Å². The molecule has 0 bridgehead atoms. The van der Waals surface area contributed by atoms with Gasteiger partial charge in [-0.1, -0.05) is 12.1 Å². The minimum absolute atomic E-state index is 0.175. The van der Waals surface area contributed by atoms with Gasteiger partial charge in [-0.15, -0.1) is 0 Å². The van der Waals surface area contributed by atoms with Gasteiger partial charge in [-0.2, -0.15) is 0 Å². The van der Waals surface area contributed by atoms with Crippen LogP contribution in [0.2, 0.25) is 0 Å². The van der Waals surface area contributed by atoms with E-state index < -0.39 is 0 Å². The maximum absolute atomic E-state index is 5.11. The zero-order chi connectivity index (χ0) is 12.5. The lowest BCUT2D eigenvalue weighted by atomic mass is 10.1. The smallest absolute Gasteiger partial charge is 0.169 e. The van der Waals surface area contributed by atoms with E-state index in [1.807, 2.05) is 12.1 Å². The van der Waals surface area contributed by atoms with Gasteiger partial charge in [0.1, 0.15) is 5.75 Å². The van der Waals surface area contributed by atoms with Gasteiger partial charge in [-0.05, 0) is 30.7 Å². The molecule has 0 aromatic heterocycles. The lowest BCUT2D eigenvalue weighted by Gasteiger charge is -2.13. The highest BCUT2D eigenvalue weighted by molar-refractivity contribution is 5.27. The van der Waals surface area contributed by atoms with Crippen LogP contribution in [0.25, 0.3) is 0 Å². The van der Waals surface area contributed by atoms with Gasteiger partial charge in [-0.3, -0.25) is 0 Å². The molecule has 0 unspecified atom stereocenters. The minimum atomic E-state index is -0.175. The lowest BCUT2D eigenvalue weighted by molar-refractivity contribution is -0.0986. The predicted octanol–water partition coefficient (Wildman–Crippen LogP) is 1.45. The van der Waals surface area contributed by atoms with Gasteiger partial charge in [0, 0.05) is 20.8 Å². The van der Waals surface area contributed by atoms with E-state index in [2.05, 4.69) is 17.4 Å². The van der Waals surface area contributed by atoms with Crippen molar-refractivity contribution < 1.29 is 14.2 Å². The molecule has 0 saturated heterocycles. The Morgan fingerprint density at radius 2 is 1.71 bits per heavy atom. The topological polar surface area (TPSA) is 39.7 Å². The second kappa shape index (κ2) is 8.06. The maximum Gasteiger partial charge on any atom is 0.169 e. The number of nitrogens with one attached hydrogen (secondary N) is 1. The van der Waals surface area contributed by atoms with Crippen LogP contribution >= 0.6 is 0 Å². The standard InChI is InChI=1S/C13H21NO3/c1-15-12-6-4-11(5-7-12)8-9-14-10-13(16-2)17-3/h4-7,13-14H,8-10H2,1-3H3. The summed E-state index contributed by atoms with van der Waals surface area (Å²) in [6, 6.07) is 8.10. The molecule has 0 aliphatic rings. The van der Waals surface area contributed by atoms with Gasteiger partial charge in [0.25, 0.3) is 0 Å². The van der Waals surface area contributed by atoms with Crippen LogP contribution in [0.5, 0.6) is 5.75 Å². The molecule has 1 N–H and O–H groups in total. The summed E-state index contributed by atoms with van der Waals surface area (Å²) in [6.45, 7) is 1.60. The zero-order valence-corrected chi connectivity index (χ0v) is 10.7. The molecule has 0 amide bonds. The Hall–Kier alpha value is -1.10. The molecule has 0 aliphatic carbocycles. The molecule has 4 heteroatoms. The van der Waals surface area contributed by atoms with E-state index in [1.165, 1.54) is 5.56 Å². The lowest BCUT2D eigenvalue weighted by Crippen LogP contribution is -2.31. The fourth-order valence-electron chi connectivity index (χ4n) is 1.51. The number of methoxy groups -OCH3 is 3. The molecule has 0 aliphatic heterocycles. The number of hydrogen-bond donors (Lipinski definition) is 1. The number of hydrogen-bond acceptors (Lipinski definition) is 4. The highest BCUT2D eigenvalue weighted by Gasteiger charge is 2.03. The molecular weight excluding hydrogens is 218 g/mol. The van der Waals surface area contributed by atoms with Crippen LogP contribution in [-0.4, -0.2) is 40.7 Å². The van der Waals surface area contributed by atoms with Crippen LogP contribution in [-0.2, 0) is 15.9 Å². The fourth-order valence-corrected chi connectivity index (χ4v) is 1.51. The Kier molecular flexibility index (Phi) is 6.62. The van der Waals surface area contributed by atoms with Gasteiger partial charge in [0.15, 0.2) is 6.29 Å². The van der Waals surface area contributed by atoms with Gasteiger partial charge in [-0.25, -0.2) is 0 Å². The van der Waals surface area contributed by atoms with E-state index in [0.29, 0.717) is 6.54 Å². The summed E-state index contributed by atoms with van der Waals surface area (Å²) in [4.78, 5) is 0. The molecule has 0 saturated carbocycles. The van der Waals surface area contributed by atoms with Crippen molar-refractivity contribution in [2.24, 2.45) is 0 Å². The van der Waals surface area contributed by atoms with Gasteiger partial charge in [0.2, 0.25) is 0 Å². The first-order chi connectivity index (χ1) is 8.30. The summed E-state index contributed by atoms with van der Waals surface area (Å²) in [7, 11) is 4.95. The highest BCUT2D eigenvalue weighted by Crippen LogP contribution is 2.11. The van der Waals surface area contributed by atoms with Crippen molar-refractivity contribution >= 4 is 0 Å². The van der Waals surface area contributed by atoms with Crippen molar-refractivity contribution in [1.82, 2.24) is 5.32 Å². The second-order valence-electron chi connectivity index (χ2n) is 3.70. The predicted molar refractivity (Wildman–Crippen MR) is 67.4 cm³/mol. The van der Waals surface area contributed by atoms with Crippen LogP contribution < -0.4 is 10.1 Å². The van der Waals surface area contributed by atoms with Crippen LogP contribution in [0.1, 0.15) is 5.56 Å². The molecule has 0 heterocycles. The average Bonchev–Trinajstić information content (AvgIpc) is 2.40. The summed E-state index contributed by atoms with van der Waals surface area (Å²) < 4.78 is 15.3.